The van der Waals surface area contributed by atoms with Crippen LogP contribution in [0.15, 0.2) is 42.6 Å². The number of fused-ring (bicyclic) bond motifs is 1. The summed E-state index contributed by atoms with van der Waals surface area (Å²) in [4.78, 5) is 0. The van der Waals surface area contributed by atoms with Crippen molar-refractivity contribution in [2.24, 2.45) is 0 Å². The zero-order chi connectivity index (χ0) is 13.9. The topological polar surface area (TPSA) is 49.9 Å². The Morgan fingerprint density at radius 3 is 2.95 bits per heavy atom. The third kappa shape index (κ3) is 2.32. The van der Waals surface area contributed by atoms with Gasteiger partial charge in [-0.25, -0.2) is 0 Å². The van der Waals surface area contributed by atoms with Crippen LogP contribution in [0.1, 0.15) is 11.1 Å². The third-order valence-electron chi connectivity index (χ3n) is 3.42. The zero-order valence-electron chi connectivity index (χ0n) is 11.6. The summed E-state index contributed by atoms with van der Waals surface area (Å²) in [5.41, 5.74) is 4.47. The number of para-hydroxylation sites is 1. The lowest BCUT2D eigenvalue weighted by Crippen LogP contribution is -2.00. The van der Waals surface area contributed by atoms with Crippen molar-refractivity contribution in [2.75, 3.05) is 12.4 Å². The molecule has 0 saturated carbocycles. The molecule has 0 bridgehead atoms. The molecule has 1 heterocycles. The van der Waals surface area contributed by atoms with Gasteiger partial charge in [-0.2, -0.15) is 5.10 Å². The highest BCUT2D eigenvalue weighted by atomic mass is 16.5. The molecule has 0 spiro atoms. The standard InChI is InChI=1S/C16H17N3O/c1-11-8-12(6-7-15(11)20-2)9-17-14-5-3-4-13-10-18-19-16(13)14/h3-8,10,17H,9H2,1-2H3,(H,18,19). The van der Waals surface area contributed by atoms with Crippen molar-refractivity contribution < 1.29 is 4.74 Å². The highest BCUT2D eigenvalue weighted by Gasteiger charge is 2.03. The van der Waals surface area contributed by atoms with Gasteiger partial charge in [0.15, 0.2) is 0 Å². The van der Waals surface area contributed by atoms with Crippen LogP contribution in [0.5, 0.6) is 5.75 Å². The van der Waals surface area contributed by atoms with E-state index in [0.717, 1.165) is 34.4 Å². The van der Waals surface area contributed by atoms with Crippen molar-refractivity contribution in [1.82, 2.24) is 10.2 Å². The van der Waals surface area contributed by atoms with E-state index in [9.17, 15) is 0 Å². The highest BCUT2D eigenvalue weighted by Crippen LogP contribution is 2.22. The largest absolute Gasteiger partial charge is 0.496 e. The third-order valence-corrected chi connectivity index (χ3v) is 3.42. The van der Waals surface area contributed by atoms with Crippen LogP contribution in [0, 0.1) is 6.92 Å². The van der Waals surface area contributed by atoms with Crippen LogP contribution in [0.3, 0.4) is 0 Å². The SMILES string of the molecule is COc1ccc(CNc2cccc3cn[nH]c23)cc1C. The van der Waals surface area contributed by atoms with Gasteiger partial charge in [0.25, 0.3) is 0 Å². The lowest BCUT2D eigenvalue weighted by Gasteiger charge is -2.10. The van der Waals surface area contributed by atoms with E-state index in [4.69, 9.17) is 4.74 Å². The Bertz CT molecular complexity index is 733. The van der Waals surface area contributed by atoms with Gasteiger partial charge in [0.2, 0.25) is 0 Å². The Hall–Kier alpha value is -2.49. The Morgan fingerprint density at radius 2 is 2.15 bits per heavy atom. The maximum Gasteiger partial charge on any atom is 0.121 e. The van der Waals surface area contributed by atoms with Crippen molar-refractivity contribution >= 4 is 16.6 Å². The molecule has 0 unspecified atom stereocenters. The lowest BCUT2D eigenvalue weighted by molar-refractivity contribution is 0.411. The van der Waals surface area contributed by atoms with E-state index in [1.54, 1.807) is 7.11 Å². The normalized spacial score (nSPS) is 10.7. The maximum absolute atomic E-state index is 5.28. The zero-order valence-corrected chi connectivity index (χ0v) is 11.6. The van der Waals surface area contributed by atoms with Crippen molar-refractivity contribution in [3.63, 3.8) is 0 Å². The van der Waals surface area contributed by atoms with Gasteiger partial charge in [0.1, 0.15) is 5.75 Å². The molecule has 0 aliphatic carbocycles. The number of benzene rings is 2. The minimum Gasteiger partial charge on any atom is -0.496 e. The minimum atomic E-state index is 0.767. The van der Waals surface area contributed by atoms with Crippen molar-refractivity contribution in [3.8, 4) is 5.75 Å². The van der Waals surface area contributed by atoms with Gasteiger partial charge in [-0.3, -0.25) is 5.10 Å². The summed E-state index contributed by atoms with van der Waals surface area (Å²) in [6.07, 6.45) is 1.83. The number of rotatable bonds is 4. The number of hydrogen-bond acceptors (Lipinski definition) is 3. The number of anilines is 1. The summed E-state index contributed by atoms with van der Waals surface area (Å²) in [6, 6.07) is 12.3. The second-order valence-corrected chi connectivity index (χ2v) is 4.80. The fourth-order valence-corrected chi connectivity index (χ4v) is 2.36. The Kier molecular flexibility index (Phi) is 3.29. The van der Waals surface area contributed by atoms with Crippen LogP contribution in [-0.4, -0.2) is 17.3 Å². The van der Waals surface area contributed by atoms with Crippen LogP contribution < -0.4 is 10.1 Å². The molecule has 4 nitrogen and oxygen atoms in total. The molecule has 0 atom stereocenters. The molecule has 0 aliphatic rings. The molecule has 0 radical (unpaired) electrons. The number of aryl methyl sites for hydroxylation is 1. The molecule has 2 N–H and O–H groups in total. The number of nitrogens with zero attached hydrogens (tertiary/aromatic N) is 1. The van der Waals surface area contributed by atoms with E-state index in [2.05, 4.69) is 40.6 Å². The number of aromatic nitrogens is 2. The summed E-state index contributed by atoms with van der Waals surface area (Å²) in [6.45, 7) is 2.82. The van der Waals surface area contributed by atoms with Gasteiger partial charge in [0, 0.05) is 11.9 Å². The first-order valence-electron chi connectivity index (χ1n) is 6.57. The van der Waals surface area contributed by atoms with E-state index < -0.39 is 0 Å². The quantitative estimate of drug-likeness (QED) is 0.760. The Morgan fingerprint density at radius 1 is 1.25 bits per heavy atom. The number of nitrogens with one attached hydrogen (secondary N) is 2. The predicted octanol–water partition coefficient (Wildman–Crippen LogP) is 3.49. The van der Waals surface area contributed by atoms with Crippen molar-refractivity contribution in [2.45, 2.75) is 13.5 Å². The van der Waals surface area contributed by atoms with Crippen LogP contribution in [0.2, 0.25) is 0 Å². The van der Waals surface area contributed by atoms with Gasteiger partial charge in [-0.1, -0.05) is 24.3 Å². The Labute approximate surface area is 117 Å². The summed E-state index contributed by atoms with van der Waals surface area (Å²) in [5, 5.41) is 11.6. The van der Waals surface area contributed by atoms with Crippen molar-refractivity contribution in [3.05, 3.63) is 53.7 Å². The maximum atomic E-state index is 5.28. The lowest BCUT2D eigenvalue weighted by atomic mass is 10.1. The summed E-state index contributed by atoms with van der Waals surface area (Å²) in [7, 11) is 1.69. The second kappa shape index (κ2) is 5.25. The van der Waals surface area contributed by atoms with E-state index in [-0.39, 0.29) is 0 Å². The molecule has 3 rings (SSSR count). The van der Waals surface area contributed by atoms with Gasteiger partial charge in [0.05, 0.1) is 24.5 Å². The predicted molar refractivity (Wildman–Crippen MR) is 81.2 cm³/mol. The van der Waals surface area contributed by atoms with Crippen LogP contribution in [0.25, 0.3) is 10.9 Å². The van der Waals surface area contributed by atoms with Crippen molar-refractivity contribution in [1.29, 1.82) is 0 Å². The van der Waals surface area contributed by atoms with E-state index >= 15 is 0 Å². The molecule has 0 fully saturated rings. The van der Waals surface area contributed by atoms with E-state index in [0.29, 0.717) is 0 Å². The fraction of sp³-hybridized carbons (Fsp3) is 0.188. The molecule has 4 heteroatoms. The van der Waals surface area contributed by atoms with Crippen LogP contribution in [0.4, 0.5) is 5.69 Å². The first-order chi connectivity index (χ1) is 9.78. The van der Waals surface area contributed by atoms with Crippen LogP contribution >= 0.6 is 0 Å². The molecule has 3 aromatic rings. The minimum absolute atomic E-state index is 0.767. The molecular formula is C16H17N3O. The molecule has 20 heavy (non-hydrogen) atoms. The molecular weight excluding hydrogens is 250 g/mol. The number of hydrogen-bond donors (Lipinski definition) is 2. The highest BCUT2D eigenvalue weighted by molar-refractivity contribution is 5.89. The number of aromatic amines is 1. The molecule has 1 aromatic heterocycles. The number of H-pyrrole nitrogens is 1. The van der Waals surface area contributed by atoms with Gasteiger partial charge >= 0.3 is 0 Å². The fourth-order valence-electron chi connectivity index (χ4n) is 2.36. The average molecular weight is 267 g/mol. The first-order valence-corrected chi connectivity index (χ1v) is 6.57. The van der Waals surface area contributed by atoms with E-state index in [1.165, 1.54) is 5.56 Å². The Balaban J connectivity index is 1.79. The molecule has 2 aromatic carbocycles. The second-order valence-electron chi connectivity index (χ2n) is 4.80. The monoisotopic (exact) mass is 267 g/mol. The summed E-state index contributed by atoms with van der Waals surface area (Å²) < 4.78 is 5.28. The van der Waals surface area contributed by atoms with Gasteiger partial charge in [-0.15, -0.1) is 0 Å². The first kappa shape index (κ1) is 12.5. The molecule has 102 valence electrons. The molecule has 0 aliphatic heterocycles. The summed E-state index contributed by atoms with van der Waals surface area (Å²) >= 11 is 0. The van der Waals surface area contributed by atoms with Gasteiger partial charge < -0.3 is 10.1 Å². The number of methoxy groups -OCH3 is 1. The summed E-state index contributed by atoms with van der Waals surface area (Å²) in [5.74, 6) is 0.921. The van der Waals surface area contributed by atoms with Crippen LogP contribution in [-0.2, 0) is 6.54 Å². The molecule has 0 amide bonds. The van der Waals surface area contributed by atoms with E-state index in [1.807, 2.05) is 24.4 Å². The average Bonchev–Trinajstić information content (AvgIpc) is 2.94. The molecule has 0 saturated heterocycles. The number of ether oxygens (including phenoxy) is 1. The van der Waals surface area contributed by atoms with Gasteiger partial charge in [-0.05, 0) is 30.2 Å². The smallest absolute Gasteiger partial charge is 0.121 e.